The number of carbonyl (C=O) groups is 3. The minimum Gasteiger partial charge on any atom is -0.481 e. The smallest absolute Gasteiger partial charge is 0.407 e. The van der Waals surface area contributed by atoms with E-state index in [0.717, 1.165) is 22.3 Å². The summed E-state index contributed by atoms with van der Waals surface area (Å²) in [4.78, 5) is 36.2. The molecular formula is C25H28F2N2O5. The van der Waals surface area contributed by atoms with Gasteiger partial charge in [-0.15, -0.1) is 0 Å². The van der Waals surface area contributed by atoms with Crippen molar-refractivity contribution in [2.24, 2.45) is 5.41 Å². The van der Waals surface area contributed by atoms with Gasteiger partial charge in [-0.25, -0.2) is 13.6 Å². The quantitative estimate of drug-likeness (QED) is 0.533. The molecule has 0 fully saturated rings. The van der Waals surface area contributed by atoms with E-state index in [1.54, 1.807) is 20.8 Å². The summed E-state index contributed by atoms with van der Waals surface area (Å²) in [5.74, 6) is -2.56. The highest BCUT2D eigenvalue weighted by Gasteiger charge is 2.37. The molecule has 2 aromatic carbocycles. The van der Waals surface area contributed by atoms with Crippen molar-refractivity contribution in [3.63, 3.8) is 0 Å². The van der Waals surface area contributed by atoms with Crippen LogP contribution < -0.4 is 10.6 Å². The number of benzene rings is 2. The first-order valence-electron chi connectivity index (χ1n) is 10.9. The van der Waals surface area contributed by atoms with Crippen molar-refractivity contribution >= 4 is 18.0 Å². The molecule has 1 unspecified atom stereocenters. The maximum absolute atomic E-state index is 13.2. The van der Waals surface area contributed by atoms with Crippen LogP contribution in [0.2, 0.25) is 0 Å². The highest BCUT2D eigenvalue weighted by Crippen LogP contribution is 2.44. The van der Waals surface area contributed by atoms with Gasteiger partial charge in [0.1, 0.15) is 18.7 Å². The molecule has 0 spiro atoms. The zero-order chi connectivity index (χ0) is 25.0. The topological polar surface area (TPSA) is 105 Å². The van der Waals surface area contributed by atoms with Crippen LogP contribution in [-0.2, 0) is 14.3 Å². The summed E-state index contributed by atoms with van der Waals surface area (Å²) in [6.45, 7) is 4.97. The molecule has 1 aliphatic carbocycles. The highest BCUT2D eigenvalue weighted by molar-refractivity contribution is 5.87. The van der Waals surface area contributed by atoms with E-state index < -0.39 is 48.3 Å². The SMILES string of the molecule is CC(C)(C)[C@H](NC(=O)OCC1c2ccccc2-c2ccccc21)C(=O)NC(CC(=O)O)C(F)F. The second-order valence-electron chi connectivity index (χ2n) is 9.32. The zero-order valence-electron chi connectivity index (χ0n) is 19.2. The number of nitrogens with one attached hydrogen (secondary N) is 2. The minimum absolute atomic E-state index is 0.0248. The molecule has 0 radical (unpaired) electrons. The van der Waals surface area contributed by atoms with Crippen molar-refractivity contribution in [1.29, 1.82) is 0 Å². The third-order valence-electron chi connectivity index (χ3n) is 5.76. The maximum Gasteiger partial charge on any atom is 0.407 e. The molecule has 0 aliphatic heterocycles. The number of aliphatic carboxylic acids is 1. The van der Waals surface area contributed by atoms with Crippen LogP contribution in [0.4, 0.5) is 13.6 Å². The van der Waals surface area contributed by atoms with Crippen LogP contribution in [0.3, 0.4) is 0 Å². The molecule has 34 heavy (non-hydrogen) atoms. The minimum atomic E-state index is -3.07. The normalized spacial score (nSPS) is 14.6. The number of alkyl carbamates (subject to hydrolysis) is 1. The van der Waals surface area contributed by atoms with E-state index in [0.29, 0.717) is 0 Å². The van der Waals surface area contributed by atoms with E-state index >= 15 is 0 Å². The molecule has 0 saturated heterocycles. The number of alkyl halides is 2. The Hall–Kier alpha value is -3.49. The largest absolute Gasteiger partial charge is 0.481 e. The predicted molar refractivity (Wildman–Crippen MR) is 122 cm³/mol. The van der Waals surface area contributed by atoms with Crippen molar-refractivity contribution in [1.82, 2.24) is 10.6 Å². The number of halogens is 2. The van der Waals surface area contributed by atoms with Gasteiger partial charge in [0.15, 0.2) is 0 Å². The van der Waals surface area contributed by atoms with Gasteiger partial charge in [-0.1, -0.05) is 69.3 Å². The van der Waals surface area contributed by atoms with Crippen LogP contribution in [-0.4, -0.2) is 48.2 Å². The first-order chi connectivity index (χ1) is 16.0. The Morgan fingerprint density at radius 3 is 1.97 bits per heavy atom. The molecule has 0 aromatic heterocycles. The van der Waals surface area contributed by atoms with Gasteiger partial charge in [-0.2, -0.15) is 0 Å². The van der Waals surface area contributed by atoms with Gasteiger partial charge in [-0.05, 0) is 27.7 Å². The summed E-state index contributed by atoms with van der Waals surface area (Å²) in [6, 6.07) is 12.6. The van der Waals surface area contributed by atoms with Gasteiger partial charge < -0.3 is 20.5 Å². The molecule has 0 bridgehead atoms. The Labute approximate surface area is 196 Å². The zero-order valence-corrected chi connectivity index (χ0v) is 19.2. The second-order valence-corrected chi connectivity index (χ2v) is 9.32. The van der Waals surface area contributed by atoms with Gasteiger partial charge in [0.05, 0.1) is 6.42 Å². The Balaban J connectivity index is 1.69. The molecule has 2 atom stereocenters. The van der Waals surface area contributed by atoms with Gasteiger partial charge >= 0.3 is 12.1 Å². The van der Waals surface area contributed by atoms with Crippen LogP contribution in [0.25, 0.3) is 11.1 Å². The number of carboxylic acids is 1. The van der Waals surface area contributed by atoms with Gasteiger partial charge in [-0.3, -0.25) is 9.59 Å². The van der Waals surface area contributed by atoms with Crippen LogP contribution in [0.5, 0.6) is 0 Å². The molecular weight excluding hydrogens is 446 g/mol. The number of ether oxygens (including phenoxy) is 1. The molecule has 2 amide bonds. The van der Waals surface area contributed by atoms with Crippen LogP contribution >= 0.6 is 0 Å². The first-order valence-corrected chi connectivity index (χ1v) is 10.9. The summed E-state index contributed by atoms with van der Waals surface area (Å²) < 4.78 is 31.8. The standard InChI is InChI=1S/C25H28F2N2O5/c1-25(2,3)21(23(32)28-19(22(26)27)12-20(30)31)29-24(33)34-13-18-16-10-6-4-8-14(16)15-9-5-7-11-17(15)18/h4-11,18-19,21-22H,12-13H2,1-3H3,(H,28,32)(H,29,33)(H,30,31)/t19?,21-/m1/s1. The molecule has 2 aromatic rings. The van der Waals surface area contributed by atoms with E-state index in [-0.39, 0.29) is 12.5 Å². The summed E-state index contributed by atoms with van der Waals surface area (Å²) >= 11 is 0. The van der Waals surface area contributed by atoms with Crippen molar-refractivity contribution < 1.29 is 33.0 Å². The van der Waals surface area contributed by atoms with Crippen LogP contribution in [0.15, 0.2) is 48.5 Å². The summed E-state index contributed by atoms with van der Waals surface area (Å²) in [5, 5.41) is 13.3. The van der Waals surface area contributed by atoms with Crippen molar-refractivity contribution in [2.75, 3.05) is 6.61 Å². The fourth-order valence-electron chi connectivity index (χ4n) is 4.09. The average Bonchev–Trinajstić information content (AvgIpc) is 3.08. The molecule has 0 saturated carbocycles. The van der Waals surface area contributed by atoms with Crippen LogP contribution in [0, 0.1) is 5.41 Å². The Morgan fingerprint density at radius 2 is 1.50 bits per heavy atom. The van der Waals surface area contributed by atoms with E-state index in [4.69, 9.17) is 9.84 Å². The van der Waals surface area contributed by atoms with E-state index in [1.807, 2.05) is 53.8 Å². The highest BCUT2D eigenvalue weighted by atomic mass is 19.3. The van der Waals surface area contributed by atoms with E-state index in [9.17, 15) is 23.2 Å². The third kappa shape index (κ3) is 5.70. The fraction of sp³-hybridized carbons (Fsp3) is 0.400. The lowest BCUT2D eigenvalue weighted by Crippen LogP contribution is -2.56. The lowest BCUT2D eigenvalue weighted by atomic mass is 9.86. The van der Waals surface area contributed by atoms with Gasteiger partial charge in [0, 0.05) is 5.92 Å². The number of carbonyl (C=O) groups excluding carboxylic acids is 2. The lowest BCUT2D eigenvalue weighted by molar-refractivity contribution is -0.139. The van der Waals surface area contributed by atoms with E-state index in [1.165, 1.54) is 0 Å². The molecule has 3 N–H and O–H groups in total. The first kappa shape index (κ1) is 25.1. The average molecular weight is 475 g/mol. The maximum atomic E-state index is 13.2. The van der Waals surface area contributed by atoms with Crippen LogP contribution in [0.1, 0.15) is 44.2 Å². The fourth-order valence-corrected chi connectivity index (χ4v) is 4.09. The number of hydrogen-bond donors (Lipinski definition) is 3. The molecule has 7 nitrogen and oxygen atoms in total. The van der Waals surface area contributed by atoms with E-state index in [2.05, 4.69) is 5.32 Å². The monoisotopic (exact) mass is 474 g/mol. The number of hydrogen-bond acceptors (Lipinski definition) is 4. The van der Waals surface area contributed by atoms with Crippen molar-refractivity contribution in [3.05, 3.63) is 59.7 Å². The Morgan fingerprint density at radius 1 is 0.971 bits per heavy atom. The third-order valence-corrected chi connectivity index (χ3v) is 5.76. The second kappa shape index (κ2) is 10.2. The molecule has 182 valence electrons. The molecule has 1 aliphatic rings. The van der Waals surface area contributed by atoms with Gasteiger partial charge in [0.25, 0.3) is 6.43 Å². The summed E-state index contributed by atoms with van der Waals surface area (Å²) in [6.07, 6.45) is -4.88. The number of fused-ring (bicyclic) bond motifs is 3. The number of carboxylic acid groups (broad SMARTS) is 1. The van der Waals surface area contributed by atoms with Gasteiger partial charge in [0.2, 0.25) is 5.91 Å². The van der Waals surface area contributed by atoms with Crippen molar-refractivity contribution in [2.45, 2.75) is 51.6 Å². The predicted octanol–water partition coefficient (Wildman–Crippen LogP) is 4.16. The number of rotatable bonds is 8. The Kier molecular flexibility index (Phi) is 7.54. The lowest BCUT2D eigenvalue weighted by Gasteiger charge is -2.31. The summed E-state index contributed by atoms with van der Waals surface area (Å²) in [5.41, 5.74) is 3.32. The molecule has 9 heteroatoms. The van der Waals surface area contributed by atoms with Crippen molar-refractivity contribution in [3.8, 4) is 11.1 Å². The molecule has 3 rings (SSSR count). The Bertz CT molecular complexity index is 1020. The summed E-state index contributed by atoms with van der Waals surface area (Å²) in [7, 11) is 0. The molecule has 0 heterocycles. The number of amides is 2.